The van der Waals surface area contributed by atoms with Crippen LogP contribution in [0.5, 0.6) is 0 Å². The Bertz CT molecular complexity index is 546. The summed E-state index contributed by atoms with van der Waals surface area (Å²) >= 11 is 0. The monoisotopic (exact) mass is 246 g/mol. The number of nitrogens with one attached hydrogen (secondary N) is 1. The van der Waals surface area contributed by atoms with Gasteiger partial charge in [-0.05, 0) is 18.2 Å². The number of nitrogens with zero attached hydrogens (tertiary/aromatic N) is 1. The number of aromatic nitrogens is 1. The van der Waals surface area contributed by atoms with E-state index in [1.807, 2.05) is 29.0 Å². The fourth-order valence-electron chi connectivity index (χ4n) is 2.06. The van der Waals surface area contributed by atoms with Gasteiger partial charge in [-0.15, -0.1) is 0 Å². The lowest BCUT2D eigenvalue weighted by Crippen LogP contribution is -2.12. The zero-order valence-corrected chi connectivity index (χ0v) is 10.8. The maximum Gasteiger partial charge on any atom is 0.325 e. The lowest BCUT2D eigenvalue weighted by molar-refractivity contribution is -0.141. The number of para-hydroxylation sites is 1. The number of fused-ring (bicyclic) bond motifs is 1. The van der Waals surface area contributed by atoms with Gasteiger partial charge >= 0.3 is 5.97 Å². The van der Waals surface area contributed by atoms with E-state index in [1.165, 1.54) is 18.1 Å². The summed E-state index contributed by atoms with van der Waals surface area (Å²) in [4.78, 5) is 11.4. The summed E-state index contributed by atoms with van der Waals surface area (Å²) in [5.41, 5.74) is 2.27. The molecule has 96 valence electrons. The lowest BCUT2D eigenvalue weighted by atomic mass is 10.2. The SMILES string of the molecule is CCNCc1cn(CC(=O)OC)c2ccccc12. The molecular formula is C14H18N2O2. The number of carbonyl (C=O) groups excluding carboxylic acids is 1. The van der Waals surface area contributed by atoms with Gasteiger partial charge < -0.3 is 14.6 Å². The zero-order valence-electron chi connectivity index (χ0n) is 10.8. The fourth-order valence-corrected chi connectivity index (χ4v) is 2.06. The van der Waals surface area contributed by atoms with Gasteiger partial charge in [0.05, 0.1) is 7.11 Å². The highest BCUT2D eigenvalue weighted by molar-refractivity contribution is 5.85. The number of esters is 1. The molecule has 4 heteroatoms. The Balaban J connectivity index is 2.37. The van der Waals surface area contributed by atoms with Crippen molar-refractivity contribution < 1.29 is 9.53 Å². The third-order valence-corrected chi connectivity index (χ3v) is 2.96. The maximum absolute atomic E-state index is 11.4. The van der Waals surface area contributed by atoms with E-state index >= 15 is 0 Å². The molecule has 0 spiro atoms. The molecule has 1 aromatic carbocycles. The van der Waals surface area contributed by atoms with Crippen LogP contribution in [0.1, 0.15) is 12.5 Å². The van der Waals surface area contributed by atoms with E-state index < -0.39 is 0 Å². The van der Waals surface area contributed by atoms with E-state index in [2.05, 4.69) is 18.3 Å². The number of methoxy groups -OCH3 is 1. The minimum absolute atomic E-state index is 0.231. The molecule has 0 bridgehead atoms. The normalized spacial score (nSPS) is 10.8. The molecular weight excluding hydrogens is 228 g/mol. The Kier molecular flexibility index (Phi) is 3.99. The second-order valence-corrected chi connectivity index (χ2v) is 4.16. The summed E-state index contributed by atoms with van der Waals surface area (Å²) in [5.74, 6) is -0.231. The summed E-state index contributed by atoms with van der Waals surface area (Å²) in [6.45, 7) is 4.07. The van der Waals surface area contributed by atoms with Crippen molar-refractivity contribution >= 4 is 16.9 Å². The first kappa shape index (κ1) is 12.6. The van der Waals surface area contributed by atoms with Crippen LogP contribution in [0, 0.1) is 0 Å². The highest BCUT2D eigenvalue weighted by Gasteiger charge is 2.10. The number of hydrogen-bond donors (Lipinski definition) is 1. The van der Waals surface area contributed by atoms with Crippen LogP contribution in [-0.2, 0) is 22.6 Å². The summed E-state index contributed by atoms with van der Waals surface area (Å²) in [7, 11) is 1.41. The highest BCUT2D eigenvalue weighted by Crippen LogP contribution is 2.21. The summed E-state index contributed by atoms with van der Waals surface area (Å²) in [6, 6.07) is 8.09. The van der Waals surface area contributed by atoms with Crippen LogP contribution in [-0.4, -0.2) is 24.2 Å². The van der Waals surface area contributed by atoms with Crippen molar-refractivity contribution in [1.82, 2.24) is 9.88 Å². The smallest absolute Gasteiger partial charge is 0.325 e. The summed E-state index contributed by atoms with van der Waals surface area (Å²) in [6.07, 6.45) is 2.02. The minimum atomic E-state index is -0.231. The van der Waals surface area contributed by atoms with Crippen molar-refractivity contribution in [3.63, 3.8) is 0 Å². The molecule has 0 atom stereocenters. The number of carbonyl (C=O) groups is 1. The third kappa shape index (κ3) is 2.54. The van der Waals surface area contributed by atoms with Gasteiger partial charge in [0.1, 0.15) is 6.54 Å². The van der Waals surface area contributed by atoms with Crippen molar-refractivity contribution in [3.8, 4) is 0 Å². The second kappa shape index (κ2) is 5.69. The minimum Gasteiger partial charge on any atom is -0.468 e. The Morgan fingerprint density at radius 2 is 2.17 bits per heavy atom. The van der Waals surface area contributed by atoms with Crippen molar-refractivity contribution in [2.45, 2.75) is 20.0 Å². The molecule has 18 heavy (non-hydrogen) atoms. The van der Waals surface area contributed by atoms with Gasteiger partial charge in [-0.25, -0.2) is 0 Å². The lowest BCUT2D eigenvalue weighted by Gasteiger charge is -2.02. The number of ether oxygens (including phenoxy) is 1. The Morgan fingerprint density at radius 1 is 1.39 bits per heavy atom. The molecule has 0 aliphatic carbocycles. The molecule has 0 saturated carbocycles. The molecule has 0 saturated heterocycles. The van der Waals surface area contributed by atoms with Gasteiger partial charge in [-0.2, -0.15) is 0 Å². The van der Waals surface area contributed by atoms with Crippen molar-refractivity contribution in [2.24, 2.45) is 0 Å². The van der Waals surface area contributed by atoms with E-state index in [-0.39, 0.29) is 12.5 Å². The van der Waals surface area contributed by atoms with Crippen LogP contribution in [0.4, 0.5) is 0 Å². The highest BCUT2D eigenvalue weighted by atomic mass is 16.5. The molecule has 1 heterocycles. The molecule has 2 rings (SSSR count). The van der Waals surface area contributed by atoms with E-state index in [0.29, 0.717) is 0 Å². The molecule has 0 radical (unpaired) electrons. The Morgan fingerprint density at radius 3 is 2.89 bits per heavy atom. The molecule has 0 amide bonds. The first-order valence-corrected chi connectivity index (χ1v) is 6.10. The standard InChI is InChI=1S/C14H18N2O2/c1-3-15-8-11-9-16(10-14(17)18-2)13-7-5-4-6-12(11)13/h4-7,9,15H,3,8,10H2,1-2H3. The quantitative estimate of drug-likeness (QED) is 0.820. The van der Waals surface area contributed by atoms with E-state index in [9.17, 15) is 4.79 Å². The topological polar surface area (TPSA) is 43.3 Å². The zero-order chi connectivity index (χ0) is 13.0. The Labute approximate surface area is 107 Å². The molecule has 0 aliphatic heterocycles. The van der Waals surface area contributed by atoms with E-state index in [4.69, 9.17) is 4.74 Å². The van der Waals surface area contributed by atoms with Gasteiger partial charge in [0.2, 0.25) is 0 Å². The molecule has 4 nitrogen and oxygen atoms in total. The van der Waals surface area contributed by atoms with Crippen molar-refractivity contribution in [2.75, 3.05) is 13.7 Å². The van der Waals surface area contributed by atoms with E-state index in [0.717, 1.165) is 18.6 Å². The van der Waals surface area contributed by atoms with Crippen LogP contribution in [0.3, 0.4) is 0 Å². The number of hydrogen-bond acceptors (Lipinski definition) is 3. The largest absolute Gasteiger partial charge is 0.468 e. The molecule has 0 aliphatic rings. The number of benzene rings is 1. The van der Waals surface area contributed by atoms with Gasteiger partial charge in [-0.1, -0.05) is 25.1 Å². The third-order valence-electron chi connectivity index (χ3n) is 2.96. The van der Waals surface area contributed by atoms with Gasteiger partial charge in [0.25, 0.3) is 0 Å². The molecule has 0 unspecified atom stereocenters. The van der Waals surface area contributed by atoms with Crippen molar-refractivity contribution in [1.29, 1.82) is 0 Å². The number of rotatable bonds is 5. The average Bonchev–Trinajstić information content (AvgIpc) is 2.75. The predicted octanol–water partition coefficient (Wildman–Crippen LogP) is 1.92. The average molecular weight is 246 g/mol. The van der Waals surface area contributed by atoms with Gasteiger partial charge in [0, 0.05) is 23.6 Å². The summed E-state index contributed by atoms with van der Waals surface area (Å²) < 4.78 is 6.66. The first-order chi connectivity index (χ1) is 8.76. The van der Waals surface area contributed by atoms with Gasteiger partial charge in [-0.3, -0.25) is 4.79 Å². The van der Waals surface area contributed by atoms with E-state index in [1.54, 1.807) is 0 Å². The van der Waals surface area contributed by atoms with Gasteiger partial charge in [0.15, 0.2) is 0 Å². The molecule has 1 aromatic heterocycles. The molecule has 1 N–H and O–H groups in total. The van der Waals surface area contributed by atoms with Crippen LogP contribution >= 0.6 is 0 Å². The van der Waals surface area contributed by atoms with Crippen molar-refractivity contribution in [3.05, 3.63) is 36.0 Å². The van der Waals surface area contributed by atoms with Crippen LogP contribution < -0.4 is 5.32 Å². The maximum atomic E-state index is 11.4. The van der Waals surface area contributed by atoms with Crippen LogP contribution in [0.2, 0.25) is 0 Å². The van der Waals surface area contributed by atoms with Crippen LogP contribution in [0.25, 0.3) is 10.9 Å². The Hall–Kier alpha value is -1.81. The molecule has 2 aromatic rings. The second-order valence-electron chi connectivity index (χ2n) is 4.16. The summed E-state index contributed by atoms with van der Waals surface area (Å²) in [5, 5.41) is 4.49. The first-order valence-electron chi connectivity index (χ1n) is 6.10. The molecule has 0 fully saturated rings. The predicted molar refractivity (Wildman–Crippen MR) is 71.3 cm³/mol. The van der Waals surface area contributed by atoms with Crippen LogP contribution in [0.15, 0.2) is 30.5 Å². The fraction of sp³-hybridized carbons (Fsp3) is 0.357.